The molecule has 2 atom stereocenters. The number of rotatable bonds is 8. The molecular formula is C17H22F2O2. The van der Waals surface area contributed by atoms with Crippen molar-refractivity contribution in [2.24, 2.45) is 5.92 Å². The van der Waals surface area contributed by atoms with Crippen LogP contribution >= 0.6 is 0 Å². The molecule has 21 heavy (non-hydrogen) atoms. The van der Waals surface area contributed by atoms with Gasteiger partial charge < -0.3 is 5.11 Å². The molecule has 0 aliphatic carbocycles. The number of carbonyl (C=O) groups is 1. The Hall–Kier alpha value is -1.71. The maximum atomic E-state index is 13.0. The molecule has 1 aromatic rings. The van der Waals surface area contributed by atoms with Crippen molar-refractivity contribution in [1.82, 2.24) is 0 Å². The Labute approximate surface area is 124 Å². The minimum atomic E-state index is -2.40. The molecule has 0 bridgehead atoms. The lowest BCUT2D eigenvalue weighted by Crippen LogP contribution is -2.10. The molecule has 2 nitrogen and oxygen atoms in total. The van der Waals surface area contributed by atoms with Gasteiger partial charge in [0.25, 0.3) is 0 Å². The van der Waals surface area contributed by atoms with Gasteiger partial charge in [0.05, 0.1) is 6.42 Å². The summed E-state index contributed by atoms with van der Waals surface area (Å²) in [7, 11) is 0. The van der Waals surface area contributed by atoms with Crippen LogP contribution in [-0.2, 0) is 4.79 Å². The number of benzene rings is 1. The maximum absolute atomic E-state index is 13.0. The normalized spacial score (nSPS) is 14.0. The van der Waals surface area contributed by atoms with E-state index in [-0.39, 0.29) is 12.3 Å². The maximum Gasteiger partial charge on any atom is 0.303 e. The summed E-state index contributed by atoms with van der Waals surface area (Å²) in [6.45, 7) is 7.60. The number of hydrogen-bond acceptors (Lipinski definition) is 1. The summed E-state index contributed by atoms with van der Waals surface area (Å²) < 4.78 is 26.0. The summed E-state index contributed by atoms with van der Waals surface area (Å²) in [5.74, 6) is -1.85. The number of hydrogen-bond donors (Lipinski definition) is 1. The Balaban J connectivity index is 3.03. The quantitative estimate of drug-likeness (QED) is 0.736. The van der Waals surface area contributed by atoms with E-state index in [1.165, 1.54) is 0 Å². The lowest BCUT2D eigenvalue weighted by Gasteiger charge is -2.19. The van der Waals surface area contributed by atoms with Crippen molar-refractivity contribution in [1.29, 1.82) is 0 Å². The highest BCUT2D eigenvalue weighted by Gasteiger charge is 2.22. The average Bonchev–Trinajstić information content (AvgIpc) is 2.44. The van der Waals surface area contributed by atoms with Gasteiger partial charge in [0.1, 0.15) is 0 Å². The molecule has 0 aromatic heterocycles. The minimum absolute atomic E-state index is 0.00557. The molecule has 2 unspecified atom stereocenters. The minimum Gasteiger partial charge on any atom is -0.481 e. The van der Waals surface area contributed by atoms with Gasteiger partial charge in [-0.15, -0.1) is 0 Å². The zero-order valence-electron chi connectivity index (χ0n) is 12.5. The third kappa shape index (κ3) is 4.66. The molecule has 0 saturated carbocycles. The molecule has 0 heterocycles. The second-order valence-corrected chi connectivity index (χ2v) is 5.20. The SMILES string of the molecule is C=C(c1cccc(C(CC)C(F)F)c1)C(CC)CC(=O)O. The van der Waals surface area contributed by atoms with Gasteiger partial charge in [-0.1, -0.05) is 44.7 Å². The van der Waals surface area contributed by atoms with Gasteiger partial charge in [-0.25, -0.2) is 8.78 Å². The topological polar surface area (TPSA) is 37.3 Å². The number of alkyl halides is 2. The highest BCUT2D eigenvalue weighted by molar-refractivity contribution is 5.73. The van der Waals surface area contributed by atoms with E-state index in [4.69, 9.17) is 5.11 Å². The van der Waals surface area contributed by atoms with Crippen LogP contribution in [0.15, 0.2) is 30.8 Å². The largest absolute Gasteiger partial charge is 0.481 e. The van der Waals surface area contributed by atoms with E-state index in [0.717, 1.165) is 5.56 Å². The third-order valence-corrected chi connectivity index (χ3v) is 3.84. The van der Waals surface area contributed by atoms with Gasteiger partial charge in [-0.2, -0.15) is 0 Å². The Bertz CT molecular complexity index is 497. The molecule has 0 radical (unpaired) electrons. The van der Waals surface area contributed by atoms with E-state index in [9.17, 15) is 13.6 Å². The number of allylic oxidation sites excluding steroid dienone is 1. The Morgan fingerprint density at radius 1 is 1.29 bits per heavy atom. The number of carboxylic acids is 1. The molecule has 0 aliphatic heterocycles. The van der Waals surface area contributed by atoms with Crippen molar-refractivity contribution in [2.75, 3.05) is 0 Å². The van der Waals surface area contributed by atoms with Crippen molar-refractivity contribution in [2.45, 2.75) is 45.5 Å². The molecule has 0 amide bonds. The van der Waals surface area contributed by atoms with E-state index in [0.29, 0.717) is 24.0 Å². The zero-order chi connectivity index (χ0) is 16.0. The van der Waals surface area contributed by atoms with E-state index in [2.05, 4.69) is 6.58 Å². The number of aliphatic carboxylic acids is 1. The van der Waals surface area contributed by atoms with Gasteiger partial charge in [0.15, 0.2) is 0 Å². The first-order valence-corrected chi connectivity index (χ1v) is 7.19. The van der Waals surface area contributed by atoms with Crippen molar-refractivity contribution >= 4 is 11.5 Å². The lowest BCUT2D eigenvalue weighted by atomic mass is 9.86. The predicted molar refractivity (Wildman–Crippen MR) is 80.5 cm³/mol. The molecule has 1 rings (SSSR count). The fourth-order valence-corrected chi connectivity index (χ4v) is 2.49. The average molecular weight is 296 g/mol. The summed E-state index contributed by atoms with van der Waals surface area (Å²) >= 11 is 0. The van der Waals surface area contributed by atoms with Crippen LogP contribution in [-0.4, -0.2) is 17.5 Å². The van der Waals surface area contributed by atoms with Crippen molar-refractivity contribution in [3.63, 3.8) is 0 Å². The standard InChI is InChI=1S/C17H22F2O2/c1-4-12(10-16(20)21)11(3)13-7-6-8-14(9-13)15(5-2)17(18)19/h6-9,12,15,17H,3-5,10H2,1-2H3,(H,20,21). The lowest BCUT2D eigenvalue weighted by molar-refractivity contribution is -0.137. The Morgan fingerprint density at radius 2 is 1.95 bits per heavy atom. The van der Waals surface area contributed by atoms with Crippen LogP contribution < -0.4 is 0 Å². The summed E-state index contributed by atoms with van der Waals surface area (Å²) in [5.41, 5.74) is 2.03. The van der Waals surface area contributed by atoms with Gasteiger partial charge in [0.2, 0.25) is 6.43 Å². The van der Waals surface area contributed by atoms with Gasteiger partial charge in [-0.3, -0.25) is 4.79 Å². The first kappa shape index (κ1) is 17.3. The second-order valence-electron chi connectivity index (χ2n) is 5.20. The van der Waals surface area contributed by atoms with E-state index >= 15 is 0 Å². The summed E-state index contributed by atoms with van der Waals surface area (Å²) in [4.78, 5) is 10.9. The van der Waals surface area contributed by atoms with Crippen molar-refractivity contribution in [3.8, 4) is 0 Å². The molecule has 1 N–H and O–H groups in total. The third-order valence-electron chi connectivity index (χ3n) is 3.84. The fourth-order valence-electron chi connectivity index (χ4n) is 2.49. The van der Waals surface area contributed by atoms with Crippen LogP contribution in [0.1, 0.15) is 50.2 Å². The van der Waals surface area contributed by atoms with Gasteiger partial charge in [-0.05, 0) is 35.5 Å². The monoisotopic (exact) mass is 296 g/mol. The molecule has 0 aliphatic rings. The molecule has 1 aromatic carbocycles. The van der Waals surface area contributed by atoms with Crippen LogP contribution in [0.4, 0.5) is 8.78 Å². The number of carboxylic acid groups (broad SMARTS) is 1. The number of halogens is 2. The van der Waals surface area contributed by atoms with Crippen LogP contribution in [0, 0.1) is 5.92 Å². The summed E-state index contributed by atoms with van der Waals surface area (Å²) in [6.07, 6.45) is -1.38. The Kier molecular flexibility index (Phi) is 6.53. The van der Waals surface area contributed by atoms with Gasteiger partial charge in [0, 0.05) is 5.92 Å². The highest BCUT2D eigenvalue weighted by Crippen LogP contribution is 2.32. The van der Waals surface area contributed by atoms with Crippen LogP contribution in [0.25, 0.3) is 5.57 Å². The van der Waals surface area contributed by atoms with Crippen LogP contribution in [0.5, 0.6) is 0 Å². The van der Waals surface area contributed by atoms with E-state index < -0.39 is 18.3 Å². The van der Waals surface area contributed by atoms with Crippen molar-refractivity contribution < 1.29 is 18.7 Å². The van der Waals surface area contributed by atoms with Crippen molar-refractivity contribution in [3.05, 3.63) is 42.0 Å². The summed E-state index contributed by atoms with van der Waals surface area (Å²) in [6, 6.07) is 6.94. The molecule has 116 valence electrons. The first-order valence-electron chi connectivity index (χ1n) is 7.19. The van der Waals surface area contributed by atoms with Crippen LogP contribution in [0.2, 0.25) is 0 Å². The molecule has 0 saturated heterocycles. The Morgan fingerprint density at radius 3 is 2.43 bits per heavy atom. The summed E-state index contributed by atoms with van der Waals surface area (Å²) in [5, 5.41) is 8.92. The zero-order valence-corrected chi connectivity index (χ0v) is 12.5. The molecule has 0 spiro atoms. The highest BCUT2D eigenvalue weighted by atomic mass is 19.3. The predicted octanol–water partition coefficient (Wildman–Crippen LogP) is 4.96. The van der Waals surface area contributed by atoms with E-state index in [1.807, 2.05) is 6.92 Å². The molecule has 0 fully saturated rings. The first-order chi connectivity index (χ1) is 9.90. The van der Waals surface area contributed by atoms with Gasteiger partial charge >= 0.3 is 5.97 Å². The van der Waals surface area contributed by atoms with Crippen LogP contribution in [0.3, 0.4) is 0 Å². The smallest absolute Gasteiger partial charge is 0.303 e. The molecular weight excluding hydrogens is 274 g/mol. The second kappa shape index (κ2) is 7.91. The van der Waals surface area contributed by atoms with E-state index in [1.54, 1.807) is 31.2 Å². The molecule has 4 heteroatoms. The fraction of sp³-hybridized carbons (Fsp3) is 0.471.